The lowest BCUT2D eigenvalue weighted by Gasteiger charge is -2.14. The van der Waals surface area contributed by atoms with E-state index in [1.165, 1.54) is 13.2 Å². The predicted molar refractivity (Wildman–Crippen MR) is 54.7 cm³/mol. The molecule has 0 heterocycles. The predicted octanol–water partition coefficient (Wildman–Crippen LogP) is 1.57. The van der Waals surface area contributed by atoms with Crippen LogP contribution >= 0.6 is 0 Å². The van der Waals surface area contributed by atoms with Crippen LogP contribution in [-0.4, -0.2) is 31.6 Å². The fourth-order valence-electron chi connectivity index (χ4n) is 1.29. The van der Waals surface area contributed by atoms with Crippen LogP contribution in [0.2, 0.25) is 0 Å². The molecule has 0 saturated heterocycles. The molecule has 0 radical (unpaired) electrons. The highest BCUT2D eigenvalue weighted by Crippen LogP contribution is 2.10. The van der Waals surface area contributed by atoms with Gasteiger partial charge in [0.05, 0.1) is 13.7 Å². The number of methoxy groups -OCH3 is 1. The Morgan fingerprint density at radius 2 is 2.06 bits per heavy atom. The highest BCUT2D eigenvalue weighted by molar-refractivity contribution is 5.71. The Morgan fingerprint density at radius 3 is 2.62 bits per heavy atom. The summed E-state index contributed by atoms with van der Waals surface area (Å²) in [5.41, 5.74) is 0.602. The van der Waals surface area contributed by atoms with Crippen molar-refractivity contribution in [3.05, 3.63) is 35.4 Å². The van der Waals surface area contributed by atoms with E-state index in [0.717, 1.165) is 12.1 Å². The van der Waals surface area contributed by atoms with Crippen molar-refractivity contribution in [2.45, 2.75) is 6.54 Å². The molecule has 0 amide bonds. The molecule has 0 N–H and O–H groups in total. The number of rotatable bonds is 4. The second-order valence-corrected chi connectivity index (χ2v) is 3.50. The number of likely N-dealkylation sites (N-methyl/N-ethyl adjacent to an activating group) is 1. The summed E-state index contributed by atoms with van der Waals surface area (Å²) in [6.45, 7) is 0.460. The average molecular weight is 229 g/mol. The SMILES string of the molecule is COC(=O)CN(C)Cc1ccc(F)c(F)c1. The van der Waals surface area contributed by atoms with Gasteiger partial charge in [0, 0.05) is 6.54 Å². The Balaban J connectivity index is 2.59. The third-order valence-corrected chi connectivity index (χ3v) is 2.06. The van der Waals surface area contributed by atoms with E-state index in [9.17, 15) is 13.6 Å². The lowest BCUT2D eigenvalue weighted by molar-refractivity contribution is -0.141. The van der Waals surface area contributed by atoms with Crippen LogP contribution in [0.4, 0.5) is 8.78 Å². The van der Waals surface area contributed by atoms with Crippen molar-refractivity contribution in [1.82, 2.24) is 4.90 Å². The maximum atomic E-state index is 12.9. The molecule has 0 bridgehead atoms. The van der Waals surface area contributed by atoms with Gasteiger partial charge in [-0.2, -0.15) is 0 Å². The highest BCUT2D eigenvalue weighted by atomic mass is 19.2. The van der Waals surface area contributed by atoms with Gasteiger partial charge in [-0.3, -0.25) is 9.69 Å². The maximum absolute atomic E-state index is 12.9. The van der Waals surface area contributed by atoms with E-state index >= 15 is 0 Å². The van der Waals surface area contributed by atoms with Crippen molar-refractivity contribution in [1.29, 1.82) is 0 Å². The fourth-order valence-corrected chi connectivity index (χ4v) is 1.29. The second kappa shape index (κ2) is 5.55. The summed E-state index contributed by atoms with van der Waals surface area (Å²) in [6.07, 6.45) is 0. The summed E-state index contributed by atoms with van der Waals surface area (Å²) in [5.74, 6) is -2.13. The minimum Gasteiger partial charge on any atom is -0.468 e. The van der Waals surface area contributed by atoms with E-state index < -0.39 is 11.6 Å². The number of hydrogen-bond donors (Lipinski definition) is 0. The van der Waals surface area contributed by atoms with Crippen molar-refractivity contribution in [2.75, 3.05) is 20.7 Å². The van der Waals surface area contributed by atoms with Crippen LogP contribution in [0.1, 0.15) is 5.56 Å². The van der Waals surface area contributed by atoms with E-state index in [1.54, 1.807) is 11.9 Å². The van der Waals surface area contributed by atoms with Crippen molar-refractivity contribution in [3.8, 4) is 0 Å². The van der Waals surface area contributed by atoms with Crippen LogP contribution < -0.4 is 0 Å². The van der Waals surface area contributed by atoms with Gasteiger partial charge in [0.2, 0.25) is 0 Å². The summed E-state index contributed by atoms with van der Waals surface area (Å²) in [4.78, 5) is 12.6. The van der Waals surface area contributed by atoms with Gasteiger partial charge in [-0.05, 0) is 24.7 Å². The molecule has 0 unspecified atom stereocenters. The van der Waals surface area contributed by atoms with Crippen molar-refractivity contribution >= 4 is 5.97 Å². The van der Waals surface area contributed by atoms with Crippen molar-refractivity contribution < 1.29 is 18.3 Å². The Bertz CT molecular complexity index is 382. The van der Waals surface area contributed by atoms with Gasteiger partial charge in [-0.15, -0.1) is 0 Å². The monoisotopic (exact) mass is 229 g/mol. The largest absolute Gasteiger partial charge is 0.468 e. The Kier molecular flexibility index (Phi) is 4.37. The number of hydrogen-bond acceptors (Lipinski definition) is 3. The number of carbonyl (C=O) groups excluding carboxylic acids is 1. The molecule has 1 rings (SSSR count). The van der Waals surface area contributed by atoms with Gasteiger partial charge in [-0.25, -0.2) is 8.78 Å². The summed E-state index contributed by atoms with van der Waals surface area (Å²) in [6, 6.07) is 3.66. The normalized spacial score (nSPS) is 10.6. The quantitative estimate of drug-likeness (QED) is 0.734. The number of nitrogens with zero attached hydrogens (tertiary/aromatic N) is 1. The minimum absolute atomic E-state index is 0.107. The van der Waals surface area contributed by atoms with Crippen LogP contribution in [0.5, 0.6) is 0 Å². The van der Waals surface area contributed by atoms with E-state index in [4.69, 9.17) is 0 Å². The van der Waals surface area contributed by atoms with Crippen LogP contribution in [0.15, 0.2) is 18.2 Å². The second-order valence-electron chi connectivity index (χ2n) is 3.50. The first-order valence-corrected chi connectivity index (χ1v) is 4.72. The summed E-state index contributed by atoms with van der Waals surface area (Å²) in [5, 5.41) is 0. The average Bonchev–Trinajstić information content (AvgIpc) is 2.23. The molecule has 1 aromatic rings. The molecule has 0 aliphatic heterocycles. The molecular weight excluding hydrogens is 216 g/mol. The zero-order valence-electron chi connectivity index (χ0n) is 9.17. The van der Waals surface area contributed by atoms with Gasteiger partial charge >= 0.3 is 5.97 Å². The van der Waals surface area contributed by atoms with Gasteiger partial charge in [0.25, 0.3) is 0 Å². The lowest BCUT2D eigenvalue weighted by atomic mass is 10.2. The molecule has 0 aromatic heterocycles. The zero-order chi connectivity index (χ0) is 12.1. The van der Waals surface area contributed by atoms with E-state index in [1.807, 2.05) is 0 Å². The number of ether oxygens (including phenoxy) is 1. The molecule has 88 valence electrons. The third-order valence-electron chi connectivity index (χ3n) is 2.06. The summed E-state index contributed by atoms with van der Waals surface area (Å²) >= 11 is 0. The van der Waals surface area contributed by atoms with E-state index in [0.29, 0.717) is 12.1 Å². The van der Waals surface area contributed by atoms with Gasteiger partial charge in [0.15, 0.2) is 11.6 Å². The molecular formula is C11H13F2NO2. The molecule has 0 spiro atoms. The molecule has 0 fully saturated rings. The number of esters is 1. The fraction of sp³-hybridized carbons (Fsp3) is 0.364. The minimum atomic E-state index is -0.885. The number of benzene rings is 1. The smallest absolute Gasteiger partial charge is 0.319 e. The molecule has 1 aromatic carbocycles. The molecule has 0 atom stereocenters. The highest BCUT2D eigenvalue weighted by Gasteiger charge is 2.08. The lowest BCUT2D eigenvalue weighted by Crippen LogP contribution is -2.26. The van der Waals surface area contributed by atoms with E-state index in [-0.39, 0.29) is 12.5 Å². The van der Waals surface area contributed by atoms with Gasteiger partial charge in [-0.1, -0.05) is 6.07 Å². The number of halogens is 2. The third kappa shape index (κ3) is 3.58. The molecule has 5 heteroatoms. The number of carbonyl (C=O) groups is 1. The molecule has 0 aliphatic carbocycles. The molecule has 0 saturated carbocycles. The van der Waals surface area contributed by atoms with Crippen LogP contribution in [0.25, 0.3) is 0 Å². The summed E-state index contributed by atoms with van der Waals surface area (Å²) < 4.78 is 30.0. The van der Waals surface area contributed by atoms with Crippen molar-refractivity contribution in [2.24, 2.45) is 0 Å². The van der Waals surface area contributed by atoms with Crippen LogP contribution in [0.3, 0.4) is 0 Å². The topological polar surface area (TPSA) is 29.5 Å². The first-order valence-electron chi connectivity index (χ1n) is 4.72. The van der Waals surface area contributed by atoms with E-state index in [2.05, 4.69) is 4.74 Å². The molecule has 0 aliphatic rings. The Morgan fingerprint density at radius 1 is 1.38 bits per heavy atom. The first kappa shape index (κ1) is 12.6. The first-order chi connectivity index (χ1) is 7.52. The maximum Gasteiger partial charge on any atom is 0.319 e. The zero-order valence-corrected chi connectivity index (χ0v) is 9.17. The standard InChI is InChI=1S/C11H13F2NO2/c1-14(7-11(15)16-2)6-8-3-4-9(12)10(13)5-8/h3-5H,6-7H2,1-2H3. The van der Waals surface area contributed by atoms with Crippen molar-refractivity contribution in [3.63, 3.8) is 0 Å². The van der Waals surface area contributed by atoms with Crippen LogP contribution in [-0.2, 0) is 16.1 Å². The Labute approximate surface area is 92.6 Å². The van der Waals surface area contributed by atoms with Gasteiger partial charge < -0.3 is 4.74 Å². The Hall–Kier alpha value is -1.49. The molecule has 16 heavy (non-hydrogen) atoms. The molecule has 3 nitrogen and oxygen atoms in total. The van der Waals surface area contributed by atoms with Crippen LogP contribution in [0, 0.1) is 11.6 Å². The summed E-state index contributed by atoms with van der Waals surface area (Å²) in [7, 11) is 2.99. The van der Waals surface area contributed by atoms with Gasteiger partial charge in [0.1, 0.15) is 0 Å².